The van der Waals surface area contributed by atoms with Gasteiger partial charge in [0.2, 0.25) is 9.84 Å². The van der Waals surface area contributed by atoms with Gasteiger partial charge in [0.15, 0.2) is 5.82 Å². The van der Waals surface area contributed by atoms with Crippen molar-refractivity contribution in [1.29, 1.82) is 0 Å². The molecule has 1 aliphatic heterocycles. The number of hydrogen-bond donors (Lipinski definition) is 0. The lowest BCUT2D eigenvalue weighted by molar-refractivity contribution is 0.0907. The molecule has 0 spiro atoms. The molecule has 0 saturated carbocycles. The first-order valence-corrected chi connectivity index (χ1v) is 9.61. The Morgan fingerprint density at radius 2 is 1.70 bits per heavy atom. The first kappa shape index (κ1) is 17.3. The smallest absolute Gasteiger partial charge is 0.255 e. The molecule has 1 aliphatic rings. The van der Waals surface area contributed by atoms with Crippen molar-refractivity contribution in [3.8, 4) is 11.1 Å². The third-order valence-corrected chi connectivity index (χ3v) is 6.06. The minimum atomic E-state index is -3.91. The average molecular weight is 383 g/mol. The van der Waals surface area contributed by atoms with Crippen LogP contribution in [0.1, 0.15) is 16.8 Å². The fraction of sp³-hybridized carbons (Fsp3) is 0.105. The summed E-state index contributed by atoms with van der Waals surface area (Å²) in [7, 11) is -3.91. The molecule has 8 heteroatoms. The molecule has 0 N–H and O–H groups in total. The molecular weight excluding hydrogens is 369 g/mol. The van der Waals surface area contributed by atoms with E-state index in [2.05, 4.69) is 10.1 Å². The molecule has 2 heterocycles. The van der Waals surface area contributed by atoms with Crippen LogP contribution in [0.2, 0.25) is 0 Å². The fourth-order valence-electron chi connectivity index (χ4n) is 2.84. The molecule has 0 radical (unpaired) electrons. The number of carbonyl (C=O) groups excluding carboxylic acids is 1. The highest BCUT2D eigenvalue weighted by Crippen LogP contribution is 2.34. The van der Waals surface area contributed by atoms with Gasteiger partial charge in [0, 0.05) is 5.56 Å². The highest BCUT2D eigenvalue weighted by atomic mass is 32.2. The molecule has 136 valence electrons. The lowest BCUT2D eigenvalue weighted by Crippen LogP contribution is -2.26. The lowest BCUT2D eigenvalue weighted by Gasteiger charge is -2.14. The van der Waals surface area contributed by atoms with Crippen molar-refractivity contribution in [2.45, 2.75) is 18.2 Å². The Hall–Kier alpha value is -3.13. The third kappa shape index (κ3) is 2.97. The van der Waals surface area contributed by atoms with Gasteiger partial charge in [-0.1, -0.05) is 29.8 Å². The predicted molar refractivity (Wildman–Crippen MR) is 98.3 cm³/mol. The van der Waals surface area contributed by atoms with Gasteiger partial charge in [0.25, 0.3) is 5.91 Å². The Bertz CT molecular complexity index is 1180. The van der Waals surface area contributed by atoms with E-state index in [1.807, 2.05) is 6.92 Å². The van der Waals surface area contributed by atoms with Gasteiger partial charge in [-0.2, -0.15) is 9.78 Å². The van der Waals surface area contributed by atoms with Crippen molar-refractivity contribution in [1.82, 2.24) is 9.78 Å². The summed E-state index contributed by atoms with van der Waals surface area (Å²) < 4.78 is 40.1. The summed E-state index contributed by atoms with van der Waals surface area (Å²) in [5, 5.41) is 3.78. The second-order valence-corrected chi connectivity index (χ2v) is 8.14. The molecule has 0 amide bonds. The summed E-state index contributed by atoms with van der Waals surface area (Å²) in [6, 6.07) is 12.0. The number of aliphatic imine (C=N–C) groups is 1. The molecule has 6 nitrogen and oxygen atoms in total. The molecule has 3 aromatic rings. The topological polar surface area (TPSA) is 81.4 Å². The molecule has 0 unspecified atom stereocenters. The van der Waals surface area contributed by atoms with Crippen LogP contribution in [-0.2, 0) is 9.84 Å². The second kappa shape index (κ2) is 6.24. The summed E-state index contributed by atoms with van der Waals surface area (Å²) in [5.74, 6) is -0.760. The van der Waals surface area contributed by atoms with Crippen LogP contribution >= 0.6 is 0 Å². The number of aryl methyl sites for hydroxylation is 1. The van der Waals surface area contributed by atoms with Crippen molar-refractivity contribution < 1.29 is 17.6 Å². The first-order chi connectivity index (χ1) is 12.9. The Labute approximate surface area is 154 Å². The van der Waals surface area contributed by atoms with Crippen LogP contribution in [-0.4, -0.2) is 29.1 Å². The summed E-state index contributed by atoms with van der Waals surface area (Å²) in [5.41, 5.74) is 1.97. The maximum Gasteiger partial charge on any atom is 0.255 e. The fourth-order valence-corrected chi connectivity index (χ4v) is 4.12. The monoisotopic (exact) mass is 383 g/mol. The van der Waals surface area contributed by atoms with E-state index in [0.717, 1.165) is 10.2 Å². The van der Waals surface area contributed by atoms with E-state index in [0.29, 0.717) is 11.1 Å². The Morgan fingerprint density at radius 1 is 1.04 bits per heavy atom. The predicted octanol–water partition coefficient (Wildman–Crippen LogP) is 3.55. The zero-order valence-electron chi connectivity index (χ0n) is 14.3. The van der Waals surface area contributed by atoms with E-state index in [-0.39, 0.29) is 22.2 Å². The van der Waals surface area contributed by atoms with Gasteiger partial charge >= 0.3 is 0 Å². The number of nitrogens with zero attached hydrogens (tertiary/aromatic N) is 3. The van der Waals surface area contributed by atoms with Crippen LogP contribution in [0.25, 0.3) is 11.1 Å². The zero-order valence-corrected chi connectivity index (χ0v) is 15.1. The average Bonchev–Trinajstić information content (AvgIpc) is 3.07. The van der Waals surface area contributed by atoms with E-state index < -0.39 is 21.6 Å². The minimum Gasteiger partial charge on any atom is -0.272 e. The number of benzene rings is 2. The number of hydrogen-bond acceptors (Lipinski definition) is 5. The molecule has 1 aromatic heterocycles. The van der Waals surface area contributed by atoms with Gasteiger partial charge in [-0.3, -0.25) is 4.79 Å². The molecule has 27 heavy (non-hydrogen) atoms. The van der Waals surface area contributed by atoms with Crippen LogP contribution in [0.15, 0.2) is 64.6 Å². The largest absolute Gasteiger partial charge is 0.272 e. The molecule has 4 rings (SSSR count). The molecule has 0 saturated heterocycles. The molecule has 0 bridgehead atoms. The zero-order chi connectivity index (χ0) is 19.2. The highest BCUT2D eigenvalue weighted by molar-refractivity contribution is 8.06. The summed E-state index contributed by atoms with van der Waals surface area (Å²) in [6.45, 7) is 1.85. The SMILES string of the molecule is Cc1ccc(S(=O)(=O)C2=Nc3c(-c4ccc(F)cc4)cnn3C(=O)C2)cc1. The van der Waals surface area contributed by atoms with Crippen LogP contribution in [0, 0.1) is 12.7 Å². The second-order valence-electron chi connectivity index (χ2n) is 6.19. The van der Waals surface area contributed by atoms with E-state index in [4.69, 9.17) is 0 Å². The van der Waals surface area contributed by atoms with Crippen molar-refractivity contribution >= 4 is 26.6 Å². The van der Waals surface area contributed by atoms with Gasteiger partial charge in [-0.05, 0) is 36.8 Å². The van der Waals surface area contributed by atoms with E-state index in [1.165, 1.54) is 42.6 Å². The molecule has 0 fully saturated rings. The summed E-state index contributed by atoms with van der Waals surface area (Å²) >= 11 is 0. The van der Waals surface area contributed by atoms with E-state index in [9.17, 15) is 17.6 Å². The normalized spacial score (nSPS) is 14.0. The van der Waals surface area contributed by atoms with Gasteiger partial charge in [0.05, 0.1) is 17.5 Å². The Morgan fingerprint density at radius 3 is 2.37 bits per heavy atom. The maximum atomic E-state index is 13.2. The third-order valence-electron chi connectivity index (χ3n) is 4.31. The maximum absolute atomic E-state index is 13.2. The number of sulfone groups is 1. The number of carbonyl (C=O) groups is 1. The first-order valence-electron chi connectivity index (χ1n) is 8.13. The lowest BCUT2D eigenvalue weighted by atomic mass is 10.1. The van der Waals surface area contributed by atoms with Crippen molar-refractivity contribution in [2.24, 2.45) is 4.99 Å². The number of rotatable bonds is 2. The number of halogens is 1. The van der Waals surface area contributed by atoms with Crippen molar-refractivity contribution in [2.75, 3.05) is 0 Å². The Kier molecular flexibility index (Phi) is 4.00. The molecule has 0 aliphatic carbocycles. The van der Waals surface area contributed by atoms with E-state index in [1.54, 1.807) is 12.1 Å². The Balaban J connectivity index is 1.84. The van der Waals surface area contributed by atoms with Crippen LogP contribution in [0.5, 0.6) is 0 Å². The quantitative estimate of drug-likeness (QED) is 0.678. The van der Waals surface area contributed by atoms with Gasteiger partial charge < -0.3 is 0 Å². The summed E-state index contributed by atoms with van der Waals surface area (Å²) in [4.78, 5) is 16.7. The standard InChI is InChI=1S/C19H14FN3O3S/c1-12-2-8-15(9-3-12)27(25,26)17-10-18(24)23-19(22-17)16(11-21-23)13-4-6-14(20)7-5-13/h2-9,11H,10H2,1H3. The molecule has 2 aromatic carbocycles. The van der Waals surface area contributed by atoms with Gasteiger partial charge in [-0.15, -0.1) is 0 Å². The molecular formula is C19H14FN3O3S. The van der Waals surface area contributed by atoms with Gasteiger partial charge in [-0.25, -0.2) is 17.8 Å². The summed E-state index contributed by atoms with van der Waals surface area (Å²) in [6.07, 6.45) is 1.05. The highest BCUT2D eigenvalue weighted by Gasteiger charge is 2.32. The minimum absolute atomic E-state index is 0.0796. The number of fused-ring (bicyclic) bond motifs is 1. The van der Waals surface area contributed by atoms with Crippen molar-refractivity contribution in [3.05, 3.63) is 66.1 Å². The molecule has 0 atom stereocenters. The van der Waals surface area contributed by atoms with Crippen LogP contribution in [0.3, 0.4) is 0 Å². The van der Waals surface area contributed by atoms with Crippen molar-refractivity contribution in [3.63, 3.8) is 0 Å². The van der Waals surface area contributed by atoms with E-state index >= 15 is 0 Å². The van der Waals surface area contributed by atoms with Gasteiger partial charge in [0.1, 0.15) is 10.9 Å². The number of aromatic nitrogens is 2. The van der Waals surface area contributed by atoms with Crippen LogP contribution in [0.4, 0.5) is 10.2 Å². The van der Waals surface area contributed by atoms with Crippen LogP contribution < -0.4 is 0 Å².